The number of unbranched alkanes of at least 4 members (excludes halogenated alkanes) is 1. The van der Waals surface area contributed by atoms with Crippen molar-refractivity contribution in [1.29, 1.82) is 0 Å². The van der Waals surface area contributed by atoms with Crippen molar-refractivity contribution in [3.63, 3.8) is 0 Å². The Labute approximate surface area is 144 Å². The third kappa shape index (κ3) is 5.37. The summed E-state index contributed by atoms with van der Waals surface area (Å²) in [5.41, 5.74) is 2.90. The third-order valence-electron chi connectivity index (χ3n) is 6.66. The molecule has 2 saturated carbocycles. The molecule has 2 aliphatic rings. The van der Waals surface area contributed by atoms with E-state index in [1.807, 2.05) is 0 Å². The van der Waals surface area contributed by atoms with E-state index in [9.17, 15) is 0 Å². The van der Waals surface area contributed by atoms with Crippen LogP contribution in [0.4, 0.5) is 0 Å². The largest absolute Gasteiger partial charge is 0.0591 e. The molecule has 0 heterocycles. The van der Waals surface area contributed by atoms with Gasteiger partial charge in [-0.3, -0.25) is 0 Å². The number of benzene rings is 1. The summed E-state index contributed by atoms with van der Waals surface area (Å²) in [5.74, 6) is 3.25. The molecule has 0 radical (unpaired) electrons. The molecule has 0 spiro atoms. The van der Waals surface area contributed by atoms with Crippen molar-refractivity contribution in [3.8, 4) is 0 Å². The second kappa shape index (κ2) is 8.90. The third-order valence-corrected chi connectivity index (χ3v) is 6.66. The van der Waals surface area contributed by atoms with E-state index < -0.39 is 0 Å². The van der Waals surface area contributed by atoms with Crippen molar-refractivity contribution in [1.82, 2.24) is 0 Å². The molecular formula is C23H36. The van der Waals surface area contributed by atoms with Crippen LogP contribution in [0.3, 0.4) is 0 Å². The highest BCUT2D eigenvalue weighted by Crippen LogP contribution is 2.41. The van der Waals surface area contributed by atoms with E-state index in [4.69, 9.17) is 0 Å². The molecule has 23 heavy (non-hydrogen) atoms. The molecular weight excluding hydrogens is 276 g/mol. The molecule has 1 aromatic carbocycles. The SMILES string of the molecule is Cc1ccc(CCCCC2CCC(C3CCCCC3)CC2)cc1. The molecule has 0 heteroatoms. The average molecular weight is 313 g/mol. The lowest BCUT2D eigenvalue weighted by Crippen LogP contribution is -2.23. The number of hydrogen-bond acceptors (Lipinski definition) is 0. The zero-order chi connectivity index (χ0) is 15.9. The molecule has 2 aliphatic carbocycles. The predicted octanol–water partition coefficient (Wildman–Crippen LogP) is 7.09. The summed E-state index contributed by atoms with van der Waals surface area (Å²) in [7, 11) is 0. The van der Waals surface area contributed by atoms with Gasteiger partial charge in [-0.1, -0.05) is 87.6 Å². The molecule has 0 aliphatic heterocycles. The number of aryl methyl sites for hydroxylation is 2. The van der Waals surface area contributed by atoms with Gasteiger partial charge in [0.15, 0.2) is 0 Å². The summed E-state index contributed by atoms with van der Waals surface area (Å²) in [4.78, 5) is 0. The Hall–Kier alpha value is -0.780. The fourth-order valence-corrected chi connectivity index (χ4v) is 5.07. The Kier molecular flexibility index (Phi) is 6.60. The van der Waals surface area contributed by atoms with Gasteiger partial charge in [0.25, 0.3) is 0 Å². The minimum absolute atomic E-state index is 1.05. The Balaban J connectivity index is 1.29. The van der Waals surface area contributed by atoms with Crippen LogP contribution < -0.4 is 0 Å². The first-order valence-electron chi connectivity index (χ1n) is 10.4. The monoisotopic (exact) mass is 312 g/mol. The fraction of sp³-hybridized carbons (Fsp3) is 0.739. The molecule has 0 atom stereocenters. The first-order valence-corrected chi connectivity index (χ1v) is 10.4. The summed E-state index contributed by atoms with van der Waals surface area (Å²) < 4.78 is 0. The molecule has 2 fully saturated rings. The van der Waals surface area contributed by atoms with E-state index in [1.165, 1.54) is 68.9 Å². The summed E-state index contributed by atoms with van der Waals surface area (Å²) >= 11 is 0. The van der Waals surface area contributed by atoms with Gasteiger partial charge >= 0.3 is 0 Å². The van der Waals surface area contributed by atoms with Gasteiger partial charge in [0.2, 0.25) is 0 Å². The fourth-order valence-electron chi connectivity index (χ4n) is 5.07. The number of hydrogen-bond donors (Lipinski definition) is 0. The summed E-state index contributed by atoms with van der Waals surface area (Å²) in [6.07, 6.45) is 19.4. The number of rotatable bonds is 6. The highest BCUT2D eigenvalue weighted by atomic mass is 14.3. The Morgan fingerprint density at radius 3 is 2.09 bits per heavy atom. The molecule has 0 amide bonds. The maximum atomic E-state index is 2.31. The topological polar surface area (TPSA) is 0 Å². The highest BCUT2D eigenvalue weighted by molar-refractivity contribution is 5.21. The molecule has 3 rings (SSSR count). The standard InChI is InChI=1S/C23H36/c1-19-11-13-20(14-12-19)7-5-6-8-21-15-17-23(18-16-21)22-9-3-2-4-10-22/h11-14,21-23H,2-10,15-18H2,1H3. The predicted molar refractivity (Wildman–Crippen MR) is 101 cm³/mol. The van der Waals surface area contributed by atoms with Crippen LogP contribution in [-0.4, -0.2) is 0 Å². The van der Waals surface area contributed by atoms with Crippen molar-refractivity contribution in [2.45, 2.75) is 90.4 Å². The lowest BCUT2D eigenvalue weighted by molar-refractivity contribution is 0.162. The van der Waals surface area contributed by atoms with Gasteiger partial charge in [0.05, 0.1) is 0 Å². The molecule has 128 valence electrons. The van der Waals surface area contributed by atoms with Gasteiger partial charge in [-0.05, 0) is 55.9 Å². The van der Waals surface area contributed by atoms with Gasteiger partial charge in [-0.2, -0.15) is 0 Å². The lowest BCUT2D eigenvalue weighted by Gasteiger charge is -2.36. The van der Waals surface area contributed by atoms with Crippen molar-refractivity contribution >= 4 is 0 Å². The molecule has 1 aromatic rings. The summed E-state index contributed by atoms with van der Waals surface area (Å²) in [6.45, 7) is 2.17. The maximum Gasteiger partial charge on any atom is -0.0279 e. The van der Waals surface area contributed by atoms with Crippen LogP contribution in [0.1, 0.15) is 88.2 Å². The van der Waals surface area contributed by atoms with Crippen LogP contribution in [0.5, 0.6) is 0 Å². The molecule has 0 unspecified atom stereocenters. The van der Waals surface area contributed by atoms with Crippen LogP contribution in [-0.2, 0) is 6.42 Å². The van der Waals surface area contributed by atoms with Crippen LogP contribution in [0.25, 0.3) is 0 Å². The summed E-state index contributed by atoms with van der Waals surface area (Å²) in [6, 6.07) is 9.12. The van der Waals surface area contributed by atoms with E-state index in [0.29, 0.717) is 0 Å². The molecule has 0 aromatic heterocycles. The van der Waals surface area contributed by atoms with E-state index in [0.717, 1.165) is 17.8 Å². The zero-order valence-electron chi connectivity index (χ0n) is 15.2. The second-order valence-corrected chi connectivity index (χ2v) is 8.41. The molecule has 0 nitrogen and oxygen atoms in total. The Bertz CT molecular complexity index is 430. The maximum absolute atomic E-state index is 2.31. The van der Waals surface area contributed by atoms with Crippen molar-refractivity contribution < 1.29 is 0 Å². The quantitative estimate of drug-likeness (QED) is 0.492. The normalized spacial score (nSPS) is 26.3. The molecule has 0 bridgehead atoms. The zero-order valence-corrected chi connectivity index (χ0v) is 15.2. The van der Waals surface area contributed by atoms with E-state index in [-0.39, 0.29) is 0 Å². The summed E-state index contributed by atoms with van der Waals surface area (Å²) in [5, 5.41) is 0. The first-order chi connectivity index (χ1) is 11.3. The van der Waals surface area contributed by atoms with Gasteiger partial charge in [0, 0.05) is 0 Å². The van der Waals surface area contributed by atoms with Crippen LogP contribution in [0.15, 0.2) is 24.3 Å². The Morgan fingerprint density at radius 1 is 0.739 bits per heavy atom. The van der Waals surface area contributed by atoms with Crippen molar-refractivity contribution in [2.75, 3.05) is 0 Å². The smallest absolute Gasteiger partial charge is 0.0279 e. The van der Waals surface area contributed by atoms with Crippen molar-refractivity contribution in [3.05, 3.63) is 35.4 Å². The Morgan fingerprint density at radius 2 is 1.39 bits per heavy atom. The van der Waals surface area contributed by atoms with Gasteiger partial charge < -0.3 is 0 Å². The molecule has 0 N–H and O–H groups in total. The minimum atomic E-state index is 1.05. The minimum Gasteiger partial charge on any atom is -0.0591 e. The van der Waals surface area contributed by atoms with Crippen molar-refractivity contribution in [2.24, 2.45) is 17.8 Å². The van der Waals surface area contributed by atoms with E-state index in [1.54, 1.807) is 25.7 Å². The second-order valence-electron chi connectivity index (χ2n) is 8.41. The first kappa shape index (κ1) is 17.1. The van der Waals surface area contributed by atoms with Crippen LogP contribution >= 0.6 is 0 Å². The van der Waals surface area contributed by atoms with E-state index in [2.05, 4.69) is 31.2 Å². The van der Waals surface area contributed by atoms with E-state index >= 15 is 0 Å². The molecule has 0 saturated heterocycles. The van der Waals surface area contributed by atoms with Gasteiger partial charge in [0.1, 0.15) is 0 Å². The van der Waals surface area contributed by atoms with Crippen LogP contribution in [0.2, 0.25) is 0 Å². The van der Waals surface area contributed by atoms with Crippen LogP contribution in [0, 0.1) is 24.7 Å². The lowest BCUT2D eigenvalue weighted by atomic mass is 9.70. The van der Waals surface area contributed by atoms with Gasteiger partial charge in [-0.15, -0.1) is 0 Å². The van der Waals surface area contributed by atoms with Gasteiger partial charge in [-0.25, -0.2) is 0 Å². The highest BCUT2D eigenvalue weighted by Gasteiger charge is 2.28. The average Bonchev–Trinajstić information content (AvgIpc) is 2.62.